The molecule has 1 atom stereocenters. The van der Waals surface area contributed by atoms with Gasteiger partial charge < -0.3 is 30.5 Å². The Bertz CT molecular complexity index is 2260. The minimum Gasteiger partial charge on any atom is -0.489 e. The zero-order chi connectivity index (χ0) is 41.3. The number of carbonyl (C=O) groups excluding carboxylic acids is 1. The Hall–Kier alpha value is -4.50. The molecule has 0 radical (unpaired) electrons. The molecule has 1 unspecified atom stereocenters. The van der Waals surface area contributed by atoms with Gasteiger partial charge in [0.15, 0.2) is 15.7 Å². The maximum absolute atomic E-state index is 15.4. The lowest BCUT2D eigenvalue weighted by Crippen LogP contribution is -2.46. The molecule has 4 heterocycles. The number of rotatable bonds is 13. The van der Waals surface area contributed by atoms with Crippen LogP contribution < -0.4 is 25.6 Å². The highest BCUT2D eigenvalue weighted by Crippen LogP contribution is 2.38. The van der Waals surface area contributed by atoms with Crippen molar-refractivity contribution < 1.29 is 22.3 Å². The van der Waals surface area contributed by atoms with Crippen molar-refractivity contribution in [3.8, 4) is 5.75 Å². The number of ether oxygens (including phenoxy) is 1. The highest BCUT2D eigenvalue weighted by atomic mass is 35.5. The molecule has 3 aliphatic heterocycles. The van der Waals surface area contributed by atoms with Gasteiger partial charge in [0, 0.05) is 56.6 Å². The van der Waals surface area contributed by atoms with Gasteiger partial charge in [-0.15, -0.1) is 0 Å². The first kappa shape index (κ1) is 41.7. The third-order valence-electron chi connectivity index (χ3n) is 11.3. The molecule has 310 valence electrons. The number of aromatic nitrogens is 2. The summed E-state index contributed by atoms with van der Waals surface area (Å²) in [5.41, 5.74) is 5.10. The number of fused-ring (bicyclic) bond motifs is 1. The number of aryl methyl sites for hydroxylation is 1. The summed E-state index contributed by atoms with van der Waals surface area (Å²) in [7, 11) is -1.48. The van der Waals surface area contributed by atoms with Crippen molar-refractivity contribution in [2.24, 2.45) is 0 Å². The molecule has 2 saturated heterocycles. The molecule has 4 aromatic rings. The van der Waals surface area contributed by atoms with Gasteiger partial charge in [0.1, 0.15) is 16.6 Å². The largest absolute Gasteiger partial charge is 0.489 e. The predicted octanol–water partition coefficient (Wildman–Crippen LogP) is 7.84. The molecule has 15 heteroatoms. The molecule has 0 saturated carbocycles. The Labute approximate surface area is 346 Å². The second-order valence-electron chi connectivity index (χ2n) is 16.2. The lowest BCUT2D eigenvalue weighted by atomic mass is 10.00. The molecule has 3 N–H and O–H groups in total. The van der Waals surface area contributed by atoms with E-state index in [-0.39, 0.29) is 45.3 Å². The van der Waals surface area contributed by atoms with Crippen LogP contribution in [0.4, 0.5) is 33.2 Å². The number of nitrogens with zero attached hydrogens (tertiary/aromatic N) is 5. The maximum atomic E-state index is 15.4. The average Bonchev–Trinajstić information content (AvgIpc) is 3.53. The van der Waals surface area contributed by atoms with Gasteiger partial charge in [0.2, 0.25) is 5.95 Å². The van der Waals surface area contributed by atoms with Crippen LogP contribution in [0.15, 0.2) is 59.6 Å². The monoisotopic (exact) mass is 832 g/mol. The van der Waals surface area contributed by atoms with Gasteiger partial charge in [-0.2, -0.15) is 4.98 Å². The molecular weight excluding hydrogens is 779 g/mol. The van der Waals surface area contributed by atoms with E-state index < -0.39 is 20.9 Å². The number of hydrogen-bond acceptors (Lipinski definition) is 11. The fourth-order valence-corrected chi connectivity index (χ4v) is 9.58. The Morgan fingerprint density at radius 3 is 2.52 bits per heavy atom. The van der Waals surface area contributed by atoms with Crippen molar-refractivity contribution >= 4 is 56.2 Å². The molecule has 0 spiro atoms. The Morgan fingerprint density at radius 1 is 1.05 bits per heavy atom. The van der Waals surface area contributed by atoms with Gasteiger partial charge in [-0.05, 0) is 115 Å². The van der Waals surface area contributed by atoms with Gasteiger partial charge >= 0.3 is 0 Å². The van der Waals surface area contributed by atoms with E-state index in [1.54, 1.807) is 44.2 Å². The summed E-state index contributed by atoms with van der Waals surface area (Å²) < 4.78 is 47.9. The highest BCUT2D eigenvalue weighted by molar-refractivity contribution is 7.92. The standard InChI is InChI=1S/C43H54ClFN8O4S/c1-26(2)57-38-21-37(28(5)18-36(38)49-43-47-23-33(44)41(50-43)48-35-11-7-8-12-39(35)58(55,56)27(3)4)52-16-13-31(14-17-52)51(6)24-29-19-30-25-53(32-10-9-15-46-22-32)42(54)40(30)34(45)20-29/h7-8,11-12,18-21,23,26-27,31-32,46H,9-10,13-17,22,24-25H2,1-6H3,(H2,47,48,49,50). The molecule has 3 aliphatic rings. The summed E-state index contributed by atoms with van der Waals surface area (Å²) in [5.74, 6) is 0.560. The zero-order valence-corrected chi connectivity index (χ0v) is 35.7. The second kappa shape index (κ2) is 17.4. The Balaban J connectivity index is 1.02. The molecule has 1 amide bonds. The van der Waals surface area contributed by atoms with Crippen LogP contribution in [0, 0.1) is 12.7 Å². The topological polar surface area (TPSA) is 132 Å². The third kappa shape index (κ3) is 8.90. The molecule has 12 nitrogen and oxygen atoms in total. The van der Waals surface area contributed by atoms with Crippen LogP contribution in [0.25, 0.3) is 0 Å². The van der Waals surface area contributed by atoms with Crippen LogP contribution in [0.5, 0.6) is 5.75 Å². The van der Waals surface area contributed by atoms with Crippen molar-refractivity contribution in [1.82, 2.24) is 25.1 Å². The summed E-state index contributed by atoms with van der Waals surface area (Å²) in [6.07, 6.45) is 5.19. The summed E-state index contributed by atoms with van der Waals surface area (Å²) in [6, 6.07) is 14.8. The summed E-state index contributed by atoms with van der Waals surface area (Å²) in [6.45, 7) is 13.8. The number of piperidine rings is 2. The van der Waals surface area contributed by atoms with Gasteiger partial charge in [0.05, 0.1) is 39.4 Å². The van der Waals surface area contributed by atoms with E-state index >= 15 is 4.39 Å². The summed E-state index contributed by atoms with van der Waals surface area (Å²) in [4.78, 5) is 28.9. The van der Waals surface area contributed by atoms with Crippen LogP contribution in [0.3, 0.4) is 0 Å². The van der Waals surface area contributed by atoms with Crippen molar-refractivity contribution in [2.75, 3.05) is 48.8 Å². The van der Waals surface area contributed by atoms with E-state index in [4.69, 9.17) is 16.3 Å². The van der Waals surface area contributed by atoms with E-state index in [1.807, 2.05) is 30.9 Å². The SMILES string of the molecule is Cc1cc(Nc2ncc(Cl)c(Nc3ccccc3S(=O)(=O)C(C)C)n2)c(OC(C)C)cc1N1CCC(N(C)Cc2cc(F)c3c(c2)CN(C2CCCNC2)C3=O)CC1. The van der Waals surface area contributed by atoms with Crippen molar-refractivity contribution in [1.29, 1.82) is 0 Å². The predicted molar refractivity (Wildman–Crippen MR) is 228 cm³/mol. The van der Waals surface area contributed by atoms with Gasteiger partial charge in [-0.1, -0.05) is 29.8 Å². The number of amides is 1. The number of para-hydroxylation sites is 1. The summed E-state index contributed by atoms with van der Waals surface area (Å²) in [5, 5.41) is 9.42. The molecule has 0 bridgehead atoms. The Morgan fingerprint density at radius 2 is 1.81 bits per heavy atom. The van der Waals surface area contributed by atoms with Crippen LogP contribution >= 0.6 is 11.6 Å². The number of benzene rings is 3. The highest BCUT2D eigenvalue weighted by Gasteiger charge is 2.36. The normalized spacial score (nSPS) is 17.7. The van der Waals surface area contributed by atoms with Crippen LogP contribution in [-0.4, -0.2) is 90.8 Å². The lowest BCUT2D eigenvalue weighted by Gasteiger charge is -2.38. The molecule has 2 fully saturated rings. The Kier molecular flexibility index (Phi) is 12.5. The second-order valence-corrected chi connectivity index (χ2v) is 19.1. The van der Waals surface area contributed by atoms with E-state index in [0.29, 0.717) is 36.3 Å². The maximum Gasteiger partial charge on any atom is 0.257 e. The van der Waals surface area contributed by atoms with Crippen molar-refractivity contribution in [3.05, 3.63) is 87.8 Å². The van der Waals surface area contributed by atoms with Crippen LogP contribution in [-0.2, 0) is 22.9 Å². The van der Waals surface area contributed by atoms with E-state index in [2.05, 4.69) is 55.8 Å². The minimum atomic E-state index is -3.58. The fraction of sp³-hybridized carbons (Fsp3) is 0.465. The van der Waals surface area contributed by atoms with E-state index in [1.165, 1.54) is 6.20 Å². The lowest BCUT2D eigenvalue weighted by molar-refractivity contribution is 0.0671. The molecule has 1 aromatic heterocycles. The molecular formula is C43H54ClFN8O4S. The first-order chi connectivity index (χ1) is 27.7. The van der Waals surface area contributed by atoms with Gasteiger partial charge in [0.25, 0.3) is 5.91 Å². The van der Waals surface area contributed by atoms with Gasteiger partial charge in [-0.3, -0.25) is 9.69 Å². The molecule has 3 aromatic carbocycles. The number of nitrogens with one attached hydrogen (secondary N) is 3. The molecule has 58 heavy (non-hydrogen) atoms. The first-order valence-corrected chi connectivity index (χ1v) is 22.1. The average molecular weight is 833 g/mol. The van der Waals surface area contributed by atoms with Crippen molar-refractivity contribution in [3.63, 3.8) is 0 Å². The number of anilines is 5. The van der Waals surface area contributed by atoms with Crippen molar-refractivity contribution in [2.45, 2.75) is 102 Å². The number of sulfone groups is 1. The third-order valence-corrected chi connectivity index (χ3v) is 13.8. The van der Waals surface area contributed by atoms with E-state index in [0.717, 1.165) is 74.2 Å². The molecule has 0 aliphatic carbocycles. The minimum absolute atomic E-state index is 0.104. The van der Waals surface area contributed by atoms with E-state index in [9.17, 15) is 13.2 Å². The first-order valence-electron chi connectivity index (χ1n) is 20.2. The summed E-state index contributed by atoms with van der Waals surface area (Å²) >= 11 is 6.51. The van der Waals surface area contributed by atoms with Crippen LogP contribution in [0.2, 0.25) is 5.02 Å². The quantitative estimate of drug-likeness (QED) is 0.122. The van der Waals surface area contributed by atoms with Crippen LogP contribution in [0.1, 0.15) is 80.4 Å². The zero-order valence-electron chi connectivity index (χ0n) is 34.1. The molecule has 7 rings (SSSR count). The smallest absolute Gasteiger partial charge is 0.257 e. The van der Waals surface area contributed by atoms with Gasteiger partial charge in [-0.25, -0.2) is 17.8 Å². The number of hydrogen-bond donors (Lipinski definition) is 3. The fourth-order valence-electron chi connectivity index (χ4n) is 8.24. The number of halogens is 2. The number of carbonyl (C=O) groups is 1.